The van der Waals surface area contributed by atoms with Crippen molar-refractivity contribution in [2.24, 2.45) is 17.8 Å². The van der Waals surface area contributed by atoms with Gasteiger partial charge in [-0.15, -0.1) is 0 Å². The van der Waals surface area contributed by atoms with E-state index in [-0.39, 0.29) is 66.1 Å². The maximum Gasteiger partial charge on any atom is 0.514 e. The van der Waals surface area contributed by atoms with Crippen molar-refractivity contribution in [2.75, 3.05) is 11.9 Å². The van der Waals surface area contributed by atoms with Gasteiger partial charge in [0.1, 0.15) is 23.9 Å². The third-order valence-electron chi connectivity index (χ3n) is 7.69. The summed E-state index contributed by atoms with van der Waals surface area (Å²) < 4.78 is 10.1. The van der Waals surface area contributed by atoms with Crippen LogP contribution in [0.25, 0.3) is 0 Å². The van der Waals surface area contributed by atoms with Crippen LogP contribution in [-0.2, 0) is 35.3 Å². The summed E-state index contributed by atoms with van der Waals surface area (Å²) >= 11 is 0. The molecule has 0 bridgehead atoms. The summed E-state index contributed by atoms with van der Waals surface area (Å²) in [6.45, 7) is 5.60. The number of imide groups is 1. The number of unbranched alkanes of at least 4 members (excludes halogenated alkanes) is 2. The van der Waals surface area contributed by atoms with Crippen molar-refractivity contribution in [3.05, 3.63) is 76.4 Å². The van der Waals surface area contributed by atoms with Crippen molar-refractivity contribution < 1.29 is 43.2 Å². The molecule has 3 amide bonds. The normalized spacial score (nSPS) is 13.7. The molecule has 0 spiro atoms. The first-order valence-corrected chi connectivity index (χ1v) is 15.4. The van der Waals surface area contributed by atoms with Crippen LogP contribution >= 0.6 is 0 Å². The first kappa shape index (κ1) is 36.3. The van der Waals surface area contributed by atoms with Crippen LogP contribution in [0.2, 0.25) is 0 Å². The van der Waals surface area contributed by atoms with Crippen LogP contribution < -0.4 is 10.1 Å². The molecule has 0 aliphatic carbocycles. The lowest BCUT2D eigenvalue weighted by molar-refractivity contribution is -0.384. The maximum atomic E-state index is 13.1. The second-order valence-corrected chi connectivity index (χ2v) is 11.7. The molecule has 0 saturated heterocycles. The van der Waals surface area contributed by atoms with Gasteiger partial charge in [-0.3, -0.25) is 39.0 Å². The number of benzene rings is 2. The van der Waals surface area contributed by atoms with E-state index >= 15 is 0 Å². The monoisotopic (exact) mass is 649 g/mol. The number of carbonyl (C=O) groups excluding carboxylic acids is 6. The average Bonchev–Trinajstić information content (AvgIpc) is 3.35. The van der Waals surface area contributed by atoms with Gasteiger partial charge in [-0.25, -0.2) is 4.79 Å². The number of nitro benzene ring substituents is 1. The quantitative estimate of drug-likeness (QED) is 0.0536. The molecule has 2 aromatic carbocycles. The standard InChI is InChI=1S/C34H39N3O10/c1-22(2)29(20-27(38)7-5-4-6-18-36-31(40)16-17-32(36)41)30(39)19-23(3)33(42)35-25-10-8-24(9-11-25)21-46-34(43)47-28-14-12-26(13-15-28)37(44)45/h8-17,22-23,29H,4-7,18-21H2,1-3H3,(H,35,42)/t23-,29+/m1/s1. The topological polar surface area (TPSA) is 179 Å². The van der Waals surface area contributed by atoms with E-state index in [0.717, 1.165) is 0 Å². The number of hydrogen-bond acceptors (Lipinski definition) is 10. The summed E-state index contributed by atoms with van der Waals surface area (Å²) in [6, 6.07) is 11.5. The molecular weight excluding hydrogens is 610 g/mol. The van der Waals surface area contributed by atoms with Crippen LogP contribution in [0.15, 0.2) is 60.7 Å². The molecule has 47 heavy (non-hydrogen) atoms. The molecule has 0 unspecified atom stereocenters. The molecular formula is C34H39N3O10. The predicted octanol–water partition coefficient (Wildman–Crippen LogP) is 5.56. The molecule has 13 nitrogen and oxygen atoms in total. The average molecular weight is 650 g/mol. The molecule has 0 saturated carbocycles. The minimum Gasteiger partial charge on any atom is -0.429 e. The molecule has 0 aromatic heterocycles. The molecule has 250 valence electrons. The number of nitrogens with one attached hydrogen (secondary N) is 1. The number of nitrogens with zero attached hydrogens (tertiary/aromatic N) is 2. The van der Waals surface area contributed by atoms with Crippen LogP contribution in [0.3, 0.4) is 0 Å². The van der Waals surface area contributed by atoms with E-state index in [1.165, 1.54) is 41.3 Å². The number of non-ortho nitro benzene ring substituents is 1. The molecule has 2 atom stereocenters. The van der Waals surface area contributed by atoms with E-state index in [0.29, 0.717) is 43.5 Å². The Balaban J connectivity index is 1.38. The van der Waals surface area contributed by atoms with Gasteiger partial charge in [-0.2, -0.15) is 0 Å². The van der Waals surface area contributed by atoms with E-state index in [2.05, 4.69) is 5.32 Å². The molecule has 1 aliphatic heterocycles. The highest BCUT2D eigenvalue weighted by atomic mass is 16.7. The van der Waals surface area contributed by atoms with Crippen molar-refractivity contribution in [3.63, 3.8) is 0 Å². The fourth-order valence-electron chi connectivity index (χ4n) is 4.89. The zero-order valence-corrected chi connectivity index (χ0v) is 26.6. The molecule has 1 N–H and O–H groups in total. The van der Waals surface area contributed by atoms with Crippen molar-refractivity contribution in [1.29, 1.82) is 0 Å². The summed E-state index contributed by atoms with van der Waals surface area (Å²) in [7, 11) is 0. The number of amides is 3. The lowest BCUT2D eigenvalue weighted by Crippen LogP contribution is -2.30. The lowest BCUT2D eigenvalue weighted by atomic mass is 9.83. The summed E-state index contributed by atoms with van der Waals surface area (Å²) in [4.78, 5) is 85.1. The molecule has 13 heteroatoms. The molecule has 0 fully saturated rings. The number of rotatable bonds is 18. The van der Waals surface area contributed by atoms with Gasteiger partial charge in [-0.1, -0.05) is 39.3 Å². The predicted molar refractivity (Wildman–Crippen MR) is 170 cm³/mol. The van der Waals surface area contributed by atoms with Crippen molar-refractivity contribution in [3.8, 4) is 5.75 Å². The second kappa shape index (κ2) is 17.5. The fraction of sp³-hybridized carbons (Fsp3) is 0.412. The van der Waals surface area contributed by atoms with Crippen LogP contribution in [0.1, 0.15) is 64.9 Å². The fourth-order valence-corrected chi connectivity index (χ4v) is 4.89. The zero-order valence-electron chi connectivity index (χ0n) is 26.6. The minimum atomic E-state index is -0.987. The molecule has 1 heterocycles. The third-order valence-corrected chi connectivity index (χ3v) is 7.69. The Labute approximate surface area is 272 Å². The molecule has 2 aromatic rings. The van der Waals surface area contributed by atoms with Gasteiger partial charge in [-0.05, 0) is 48.6 Å². The van der Waals surface area contributed by atoms with E-state index in [4.69, 9.17) is 9.47 Å². The highest BCUT2D eigenvalue weighted by molar-refractivity contribution is 6.12. The van der Waals surface area contributed by atoms with Gasteiger partial charge in [0.15, 0.2) is 0 Å². The Hall–Kier alpha value is -5.20. The van der Waals surface area contributed by atoms with Crippen LogP contribution in [0, 0.1) is 27.9 Å². The Kier molecular flexibility index (Phi) is 13.5. The second-order valence-electron chi connectivity index (χ2n) is 11.7. The number of nitro groups is 1. The van der Waals surface area contributed by atoms with Crippen molar-refractivity contribution >= 4 is 46.8 Å². The largest absolute Gasteiger partial charge is 0.514 e. The summed E-state index contributed by atoms with van der Waals surface area (Å²) in [5.74, 6) is -2.31. The van der Waals surface area contributed by atoms with E-state index in [1.807, 2.05) is 13.8 Å². The van der Waals surface area contributed by atoms with Gasteiger partial charge in [0.25, 0.3) is 17.5 Å². The van der Waals surface area contributed by atoms with E-state index in [9.17, 15) is 38.9 Å². The lowest BCUT2D eigenvalue weighted by Gasteiger charge is -2.21. The molecule has 0 radical (unpaired) electrons. The first-order chi connectivity index (χ1) is 22.3. The van der Waals surface area contributed by atoms with Crippen LogP contribution in [0.4, 0.5) is 16.2 Å². The van der Waals surface area contributed by atoms with Gasteiger partial charge in [0.2, 0.25) is 5.91 Å². The maximum absolute atomic E-state index is 13.1. The zero-order chi connectivity index (χ0) is 34.5. The number of ketones is 2. The number of ether oxygens (including phenoxy) is 2. The Morgan fingerprint density at radius 1 is 0.872 bits per heavy atom. The van der Waals surface area contributed by atoms with Crippen LogP contribution in [0.5, 0.6) is 5.75 Å². The van der Waals surface area contributed by atoms with Gasteiger partial charge in [0.05, 0.1) is 4.92 Å². The SMILES string of the molecule is CC(C)[C@H](CC(=O)CCCCCN1C(=O)C=CC1=O)C(=O)C[C@@H](C)C(=O)Nc1ccc(COC(=O)Oc2ccc([N+](=O)[O-])cc2)cc1. The Morgan fingerprint density at radius 2 is 1.51 bits per heavy atom. The van der Waals surface area contributed by atoms with Crippen molar-refractivity contribution in [2.45, 2.75) is 65.9 Å². The third kappa shape index (κ3) is 11.6. The van der Waals surface area contributed by atoms with Gasteiger partial charge in [0, 0.05) is 67.6 Å². The highest BCUT2D eigenvalue weighted by Gasteiger charge is 2.28. The number of hydrogen-bond donors (Lipinski definition) is 1. The summed E-state index contributed by atoms with van der Waals surface area (Å²) in [5, 5.41) is 13.5. The number of Topliss-reactive ketones (excluding diaryl/α,β-unsaturated/α-hetero) is 2. The number of carbonyl (C=O) groups is 6. The van der Waals surface area contributed by atoms with E-state index < -0.39 is 22.9 Å². The molecule has 1 aliphatic rings. The van der Waals surface area contributed by atoms with Gasteiger partial charge >= 0.3 is 6.16 Å². The Morgan fingerprint density at radius 3 is 2.11 bits per heavy atom. The first-order valence-electron chi connectivity index (χ1n) is 15.4. The van der Waals surface area contributed by atoms with Gasteiger partial charge < -0.3 is 14.8 Å². The molecule has 3 rings (SSSR count). The van der Waals surface area contributed by atoms with Crippen molar-refractivity contribution in [1.82, 2.24) is 4.90 Å². The number of anilines is 1. The van der Waals surface area contributed by atoms with Crippen LogP contribution in [-0.4, -0.2) is 51.8 Å². The minimum absolute atomic E-state index is 0.0172. The van der Waals surface area contributed by atoms with E-state index in [1.54, 1.807) is 31.2 Å². The summed E-state index contributed by atoms with van der Waals surface area (Å²) in [6.07, 6.45) is 3.75. The Bertz CT molecular complexity index is 1480. The highest BCUT2D eigenvalue weighted by Crippen LogP contribution is 2.23. The summed E-state index contributed by atoms with van der Waals surface area (Å²) in [5.41, 5.74) is 0.959. The smallest absolute Gasteiger partial charge is 0.429 e.